The second kappa shape index (κ2) is 11.1. The normalized spacial score (nSPS) is 14.0. The maximum Gasteiger partial charge on any atom is 0.262 e. The Morgan fingerprint density at radius 3 is 2.58 bits per heavy atom. The Morgan fingerprint density at radius 2 is 1.78 bits per heavy atom. The number of methoxy groups -OCH3 is 1. The molecule has 1 N–H and O–H groups in total. The van der Waals surface area contributed by atoms with Crippen LogP contribution in [-0.2, 0) is 11.2 Å². The largest absolute Gasteiger partial charge is 0.497 e. The molecule has 3 aromatic carbocycles. The fourth-order valence-corrected chi connectivity index (χ4v) is 4.76. The highest BCUT2D eigenvalue weighted by Crippen LogP contribution is 2.29. The minimum Gasteiger partial charge on any atom is -0.497 e. The third-order valence-corrected chi connectivity index (χ3v) is 6.69. The van der Waals surface area contributed by atoms with Crippen LogP contribution in [0.3, 0.4) is 0 Å². The molecule has 36 heavy (non-hydrogen) atoms. The zero-order valence-electron chi connectivity index (χ0n) is 20.5. The van der Waals surface area contributed by atoms with E-state index in [4.69, 9.17) is 14.5 Å². The SMILES string of the molecule is COc1cccc(NC(=O)COc2cccc3ccc(N4CCC(Cc5ccccc5)CC4)nc23)c1. The van der Waals surface area contributed by atoms with E-state index in [9.17, 15) is 4.79 Å². The molecule has 0 atom stereocenters. The molecular weight excluding hydrogens is 450 g/mol. The number of nitrogens with one attached hydrogen (secondary N) is 1. The first-order valence-electron chi connectivity index (χ1n) is 12.4. The van der Waals surface area contributed by atoms with Gasteiger partial charge in [-0.25, -0.2) is 4.98 Å². The number of ether oxygens (including phenoxy) is 2. The van der Waals surface area contributed by atoms with Crippen LogP contribution in [0.15, 0.2) is 84.9 Å². The number of nitrogens with zero attached hydrogens (tertiary/aromatic N) is 2. The zero-order chi connectivity index (χ0) is 24.7. The summed E-state index contributed by atoms with van der Waals surface area (Å²) in [6.07, 6.45) is 3.43. The van der Waals surface area contributed by atoms with Gasteiger partial charge in [0.2, 0.25) is 0 Å². The highest BCUT2D eigenvalue weighted by Gasteiger charge is 2.21. The summed E-state index contributed by atoms with van der Waals surface area (Å²) in [7, 11) is 1.60. The van der Waals surface area contributed by atoms with Crippen LogP contribution < -0.4 is 19.7 Å². The molecule has 0 saturated carbocycles. The van der Waals surface area contributed by atoms with Crippen molar-refractivity contribution in [3.8, 4) is 11.5 Å². The van der Waals surface area contributed by atoms with Crippen molar-refractivity contribution in [2.75, 3.05) is 37.0 Å². The molecule has 6 heteroatoms. The molecule has 184 valence electrons. The van der Waals surface area contributed by atoms with Gasteiger partial charge in [0, 0.05) is 30.2 Å². The standard InChI is InChI=1S/C30H31N3O3/c1-35-26-11-6-10-25(20-26)31-29(34)21-36-27-12-5-9-24-13-14-28(32-30(24)27)33-17-15-23(16-18-33)19-22-7-3-2-4-8-22/h2-14,20,23H,15-19,21H2,1H3,(H,31,34). The number of anilines is 2. The van der Waals surface area contributed by atoms with Gasteiger partial charge in [-0.1, -0.05) is 48.5 Å². The summed E-state index contributed by atoms with van der Waals surface area (Å²) in [6, 6.07) is 28.0. The number of para-hydroxylation sites is 1. The van der Waals surface area contributed by atoms with Gasteiger partial charge in [-0.2, -0.15) is 0 Å². The van der Waals surface area contributed by atoms with Gasteiger partial charge in [0.1, 0.15) is 22.8 Å². The summed E-state index contributed by atoms with van der Waals surface area (Å²) < 4.78 is 11.1. The van der Waals surface area contributed by atoms with Crippen molar-refractivity contribution in [1.29, 1.82) is 0 Å². The molecular formula is C30H31N3O3. The van der Waals surface area contributed by atoms with Crippen molar-refractivity contribution in [3.05, 3.63) is 90.5 Å². The lowest BCUT2D eigenvalue weighted by molar-refractivity contribution is -0.118. The van der Waals surface area contributed by atoms with Gasteiger partial charge >= 0.3 is 0 Å². The van der Waals surface area contributed by atoms with Gasteiger partial charge in [-0.05, 0) is 61.1 Å². The Hall–Kier alpha value is -4.06. The molecule has 5 rings (SSSR count). The van der Waals surface area contributed by atoms with Gasteiger partial charge in [-0.3, -0.25) is 4.79 Å². The van der Waals surface area contributed by atoms with E-state index in [1.165, 1.54) is 5.56 Å². The lowest BCUT2D eigenvalue weighted by atomic mass is 9.90. The first kappa shape index (κ1) is 23.7. The van der Waals surface area contributed by atoms with Crippen LogP contribution in [0.1, 0.15) is 18.4 Å². The quantitative estimate of drug-likeness (QED) is 0.349. The van der Waals surface area contributed by atoms with E-state index in [1.807, 2.05) is 36.4 Å². The number of carbonyl (C=O) groups excluding carboxylic acids is 1. The zero-order valence-corrected chi connectivity index (χ0v) is 20.5. The number of piperidine rings is 1. The topological polar surface area (TPSA) is 63.7 Å². The number of amides is 1. The summed E-state index contributed by atoms with van der Waals surface area (Å²) in [4.78, 5) is 19.8. The summed E-state index contributed by atoms with van der Waals surface area (Å²) in [5.41, 5.74) is 2.85. The highest BCUT2D eigenvalue weighted by atomic mass is 16.5. The maximum absolute atomic E-state index is 12.5. The van der Waals surface area contributed by atoms with E-state index in [1.54, 1.807) is 13.2 Å². The molecule has 1 aliphatic rings. The molecule has 0 unspecified atom stereocenters. The van der Waals surface area contributed by atoms with Crippen molar-refractivity contribution in [2.24, 2.45) is 5.92 Å². The fraction of sp³-hybridized carbons (Fsp3) is 0.267. The van der Waals surface area contributed by atoms with Crippen molar-refractivity contribution in [2.45, 2.75) is 19.3 Å². The maximum atomic E-state index is 12.5. The molecule has 1 saturated heterocycles. The fourth-order valence-electron chi connectivity index (χ4n) is 4.76. The van der Waals surface area contributed by atoms with Gasteiger partial charge in [0.25, 0.3) is 5.91 Å². The lowest BCUT2D eigenvalue weighted by Gasteiger charge is -2.33. The average molecular weight is 482 g/mol. The van der Waals surface area contributed by atoms with Gasteiger partial charge in [0.15, 0.2) is 6.61 Å². The van der Waals surface area contributed by atoms with Gasteiger partial charge < -0.3 is 19.7 Å². The van der Waals surface area contributed by atoms with E-state index < -0.39 is 0 Å². The number of hydrogen-bond acceptors (Lipinski definition) is 5. The van der Waals surface area contributed by atoms with Gasteiger partial charge in [0.05, 0.1) is 7.11 Å². The summed E-state index contributed by atoms with van der Waals surface area (Å²) in [5.74, 6) is 2.71. The van der Waals surface area contributed by atoms with Gasteiger partial charge in [-0.15, -0.1) is 0 Å². The summed E-state index contributed by atoms with van der Waals surface area (Å²) in [5, 5.41) is 3.84. The third-order valence-electron chi connectivity index (χ3n) is 6.69. The first-order chi connectivity index (χ1) is 17.7. The lowest BCUT2D eigenvalue weighted by Crippen LogP contribution is -2.34. The Bertz CT molecular complexity index is 1320. The molecule has 0 bridgehead atoms. The van der Waals surface area contributed by atoms with E-state index in [0.29, 0.717) is 23.1 Å². The molecule has 1 aromatic heterocycles. The van der Waals surface area contributed by atoms with E-state index in [0.717, 1.165) is 49.1 Å². The van der Waals surface area contributed by atoms with Crippen LogP contribution in [-0.4, -0.2) is 37.7 Å². The van der Waals surface area contributed by atoms with Crippen molar-refractivity contribution >= 4 is 28.3 Å². The van der Waals surface area contributed by atoms with Crippen LogP contribution in [0.4, 0.5) is 11.5 Å². The number of benzene rings is 3. The predicted octanol–water partition coefficient (Wildman–Crippen LogP) is 5.72. The number of rotatable bonds is 8. The smallest absolute Gasteiger partial charge is 0.262 e. The summed E-state index contributed by atoms with van der Waals surface area (Å²) in [6.45, 7) is 1.87. The highest BCUT2D eigenvalue weighted by molar-refractivity contribution is 5.92. The molecule has 6 nitrogen and oxygen atoms in total. The number of aromatic nitrogens is 1. The van der Waals surface area contributed by atoms with Crippen LogP contribution >= 0.6 is 0 Å². The van der Waals surface area contributed by atoms with Crippen LogP contribution in [0, 0.1) is 5.92 Å². The van der Waals surface area contributed by atoms with E-state index >= 15 is 0 Å². The molecule has 0 radical (unpaired) electrons. The minimum absolute atomic E-state index is 0.104. The Balaban J connectivity index is 1.22. The Labute approximate surface area is 211 Å². The first-order valence-corrected chi connectivity index (χ1v) is 12.4. The molecule has 0 spiro atoms. The minimum atomic E-state index is -0.239. The number of carbonyl (C=O) groups is 1. The number of pyridine rings is 1. The van der Waals surface area contributed by atoms with Crippen molar-refractivity contribution in [3.63, 3.8) is 0 Å². The van der Waals surface area contributed by atoms with Crippen LogP contribution in [0.2, 0.25) is 0 Å². The van der Waals surface area contributed by atoms with Crippen LogP contribution in [0.25, 0.3) is 10.9 Å². The Kier molecular flexibility index (Phi) is 7.31. The molecule has 1 aliphatic heterocycles. The van der Waals surface area contributed by atoms with Crippen molar-refractivity contribution < 1.29 is 14.3 Å². The third kappa shape index (κ3) is 5.77. The molecule has 2 heterocycles. The monoisotopic (exact) mass is 481 g/mol. The Morgan fingerprint density at radius 1 is 0.972 bits per heavy atom. The molecule has 4 aromatic rings. The molecule has 1 amide bonds. The molecule has 1 fully saturated rings. The van der Waals surface area contributed by atoms with E-state index in [2.05, 4.69) is 52.7 Å². The number of fused-ring (bicyclic) bond motifs is 1. The number of hydrogen-bond donors (Lipinski definition) is 1. The molecule has 0 aliphatic carbocycles. The second-order valence-corrected chi connectivity index (χ2v) is 9.19. The van der Waals surface area contributed by atoms with E-state index in [-0.39, 0.29) is 12.5 Å². The second-order valence-electron chi connectivity index (χ2n) is 9.19. The predicted molar refractivity (Wildman–Crippen MR) is 144 cm³/mol. The summed E-state index contributed by atoms with van der Waals surface area (Å²) >= 11 is 0. The van der Waals surface area contributed by atoms with Crippen LogP contribution in [0.5, 0.6) is 11.5 Å². The average Bonchev–Trinajstić information content (AvgIpc) is 2.93. The van der Waals surface area contributed by atoms with Crippen molar-refractivity contribution in [1.82, 2.24) is 4.98 Å².